The maximum Gasteiger partial charge on any atom is 0.321 e. The van der Waals surface area contributed by atoms with Crippen LogP contribution < -0.4 is 10.0 Å². The Morgan fingerprint density at radius 2 is 1.81 bits per heavy atom. The highest BCUT2D eigenvalue weighted by Gasteiger charge is 2.26. The summed E-state index contributed by atoms with van der Waals surface area (Å²) in [6, 6.07) is 6.36. The molecule has 0 heterocycles. The summed E-state index contributed by atoms with van der Waals surface area (Å²) in [5.74, 6) is -0.763. The first-order valence-electron chi connectivity index (χ1n) is 9.25. The van der Waals surface area contributed by atoms with Gasteiger partial charge in [-0.15, -0.1) is 0 Å². The zero-order chi connectivity index (χ0) is 20.0. The number of nitrogens with one attached hydrogen (secondary N) is 2. The third kappa shape index (κ3) is 6.32. The van der Waals surface area contributed by atoms with Crippen LogP contribution in [0.15, 0.2) is 29.2 Å². The zero-order valence-corrected chi connectivity index (χ0v) is 16.8. The van der Waals surface area contributed by atoms with Gasteiger partial charge in [-0.3, -0.25) is 9.59 Å². The number of sulfonamides is 1. The molecule has 0 bridgehead atoms. The van der Waals surface area contributed by atoms with Crippen molar-refractivity contribution in [2.24, 2.45) is 5.92 Å². The van der Waals surface area contributed by atoms with Gasteiger partial charge >= 0.3 is 5.97 Å². The van der Waals surface area contributed by atoms with Crippen LogP contribution in [0.5, 0.6) is 0 Å². The second kappa shape index (κ2) is 9.32. The van der Waals surface area contributed by atoms with Gasteiger partial charge in [0.1, 0.15) is 6.54 Å². The van der Waals surface area contributed by atoms with E-state index < -0.39 is 28.6 Å². The molecule has 2 N–H and O–H groups in total. The van der Waals surface area contributed by atoms with Crippen molar-refractivity contribution in [2.45, 2.75) is 63.5 Å². The molecule has 0 radical (unpaired) electrons. The van der Waals surface area contributed by atoms with Crippen LogP contribution in [0.2, 0.25) is 0 Å². The smallest absolute Gasteiger partial charge is 0.321 e. The summed E-state index contributed by atoms with van der Waals surface area (Å²) in [5, 5.41) is 2.92. The van der Waals surface area contributed by atoms with E-state index in [-0.39, 0.29) is 16.8 Å². The first-order valence-corrected chi connectivity index (χ1v) is 10.7. The third-order valence-corrected chi connectivity index (χ3v) is 6.27. The van der Waals surface area contributed by atoms with Crippen molar-refractivity contribution in [2.75, 3.05) is 6.54 Å². The topological polar surface area (TPSA) is 102 Å². The van der Waals surface area contributed by atoms with Gasteiger partial charge in [0.15, 0.2) is 6.10 Å². The van der Waals surface area contributed by atoms with E-state index in [2.05, 4.69) is 17.0 Å². The number of hydrogen-bond acceptors (Lipinski definition) is 5. The Kier molecular flexibility index (Phi) is 7.38. The second-order valence-electron chi connectivity index (χ2n) is 7.15. The minimum absolute atomic E-state index is 0.0676. The summed E-state index contributed by atoms with van der Waals surface area (Å²) in [7, 11) is -3.81. The van der Waals surface area contributed by atoms with Gasteiger partial charge < -0.3 is 10.1 Å². The van der Waals surface area contributed by atoms with E-state index in [9.17, 15) is 18.0 Å². The lowest BCUT2D eigenvalue weighted by molar-refractivity contribution is -0.154. The lowest BCUT2D eigenvalue weighted by Crippen LogP contribution is -2.46. The molecule has 0 aliphatic heterocycles. The van der Waals surface area contributed by atoms with Crippen LogP contribution in [-0.2, 0) is 24.3 Å². The minimum atomic E-state index is -3.81. The molecule has 3 atom stereocenters. The quantitative estimate of drug-likeness (QED) is 0.686. The minimum Gasteiger partial charge on any atom is -0.452 e. The molecule has 1 fully saturated rings. The Morgan fingerprint density at radius 3 is 2.44 bits per heavy atom. The SMILES string of the molecule is Cc1ccc(S(=O)(=O)NCC(=O)O[C@@H](C)C(=O)N[C@@H]2CCCC[C@@H]2C)cc1. The molecule has 0 aromatic heterocycles. The third-order valence-electron chi connectivity index (χ3n) is 4.85. The summed E-state index contributed by atoms with van der Waals surface area (Å²) in [4.78, 5) is 24.2. The fourth-order valence-electron chi connectivity index (χ4n) is 3.08. The van der Waals surface area contributed by atoms with E-state index in [1.54, 1.807) is 12.1 Å². The Hall–Kier alpha value is -1.93. The average molecular weight is 397 g/mol. The largest absolute Gasteiger partial charge is 0.452 e. The first kappa shape index (κ1) is 21.4. The van der Waals surface area contributed by atoms with E-state index in [4.69, 9.17) is 4.74 Å². The predicted octanol–water partition coefficient (Wildman–Crippen LogP) is 1.90. The lowest BCUT2D eigenvalue weighted by Gasteiger charge is -2.30. The molecule has 8 heteroatoms. The number of aryl methyl sites for hydroxylation is 1. The van der Waals surface area contributed by atoms with Crippen molar-refractivity contribution in [1.29, 1.82) is 0 Å². The summed E-state index contributed by atoms with van der Waals surface area (Å²) in [5.41, 5.74) is 0.931. The van der Waals surface area contributed by atoms with Crippen molar-refractivity contribution in [3.63, 3.8) is 0 Å². The molecule has 0 unspecified atom stereocenters. The number of hydrogen-bond donors (Lipinski definition) is 2. The van der Waals surface area contributed by atoms with Gasteiger partial charge in [0.2, 0.25) is 10.0 Å². The molecular formula is C19H28N2O5S. The molecule has 1 aliphatic carbocycles. The van der Waals surface area contributed by atoms with Gasteiger partial charge in [-0.05, 0) is 44.7 Å². The highest BCUT2D eigenvalue weighted by Crippen LogP contribution is 2.23. The van der Waals surface area contributed by atoms with E-state index in [0.29, 0.717) is 5.92 Å². The molecule has 2 rings (SSSR count). The number of amides is 1. The number of benzene rings is 1. The van der Waals surface area contributed by atoms with Gasteiger partial charge in [-0.1, -0.05) is 37.5 Å². The van der Waals surface area contributed by atoms with Crippen LogP contribution >= 0.6 is 0 Å². The van der Waals surface area contributed by atoms with Crippen LogP contribution in [0.1, 0.15) is 45.1 Å². The number of rotatable bonds is 7. The van der Waals surface area contributed by atoms with Crippen LogP contribution in [0, 0.1) is 12.8 Å². The van der Waals surface area contributed by atoms with Crippen LogP contribution in [0.25, 0.3) is 0 Å². The number of carbonyl (C=O) groups is 2. The molecular weight excluding hydrogens is 368 g/mol. The van der Waals surface area contributed by atoms with Crippen LogP contribution in [0.3, 0.4) is 0 Å². The Balaban J connectivity index is 1.81. The standard InChI is InChI=1S/C19H28N2O5S/c1-13-8-10-16(11-9-13)27(24,25)20-12-18(22)26-15(3)19(23)21-17-7-5-4-6-14(17)2/h8-11,14-15,17,20H,4-7,12H2,1-3H3,(H,21,23)/t14-,15-,17+/m0/s1. The molecule has 1 saturated carbocycles. The number of ether oxygens (including phenoxy) is 1. The molecule has 7 nitrogen and oxygen atoms in total. The first-order chi connectivity index (χ1) is 12.7. The molecule has 1 aromatic carbocycles. The van der Waals surface area contributed by atoms with Gasteiger partial charge in [0, 0.05) is 6.04 Å². The van der Waals surface area contributed by atoms with Crippen LogP contribution in [0.4, 0.5) is 0 Å². The number of carbonyl (C=O) groups excluding carboxylic acids is 2. The second-order valence-corrected chi connectivity index (χ2v) is 8.91. The maximum atomic E-state index is 12.2. The van der Waals surface area contributed by atoms with Crippen LogP contribution in [-0.4, -0.2) is 39.0 Å². The van der Waals surface area contributed by atoms with E-state index in [0.717, 1.165) is 24.8 Å². The molecule has 1 aliphatic rings. The van der Waals surface area contributed by atoms with Gasteiger partial charge in [0.25, 0.3) is 5.91 Å². The predicted molar refractivity (Wildman–Crippen MR) is 101 cm³/mol. The summed E-state index contributed by atoms with van der Waals surface area (Å²) in [6.07, 6.45) is 3.25. The monoisotopic (exact) mass is 396 g/mol. The van der Waals surface area contributed by atoms with Crippen molar-refractivity contribution in [1.82, 2.24) is 10.0 Å². The van der Waals surface area contributed by atoms with Crippen molar-refractivity contribution in [3.8, 4) is 0 Å². The highest BCUT2D eigenvalue weighted by molar-refractivity contribution is 7.89. The van der Waals surface area contributed by atoms with Crippen molar-refractivity contribution >= 4 is 21.9 Å². The molecule has 27 heavy (non-hydrogen) atoms. The van der Waals surface area contributed by atoms with E-state index in [1.807, 2.05) is 6.92 Å². The van der Waals surface area contributed by atoms with Gasteiger partial charge in [0.05, 0.1) is 4.90 Å². The summed E-state index contributed by atoms with van der Waals surface area (Å²) < 4.78 is 31.6. The fourth-order valence-corrected chi connectivity index (χ4v) is 4.05. The molecule has 150 valence electrons. The highest BCUT2D eigenvalue weighted by atomic mass is 32.2. The van der Waals surface area contributed by atoms with Gasteiger partial charge in [-0.2, -0.15) is 4.72 Å². The van der Waals surface area contributed by atoms with Crippen molar-refractivity contribution in [3.05, 3.63) is 29.8 Å². The Bertz CT molecular complexity index is 761. The Morgan fingerprint density at radius 1 is 1.19 bits per heavy atom. The zero-order valence-electron chi connectivity index (χ0n) is 16.0. The average Bonchev–Trinajstić information content (AvgIpc) is 2.62. The van der Waals surface area contributed by atoms with E-state index in [1.165, 1.54) is 25.5 Å². The molecule has 1 amide bonds. The number of esters is 1. The molecule has 0 saturated heterocycles. The Labute approximate surface area is 160 Å². The van der Waals surface area contributed by atoms with Crippen molar-refractivity contribution < 1.29 is 22.7 Å². The normalized spacial score (nSPS) is 21.3. The summed E-state index contributed by atoms with van der Waals surface area (Å²) >= 11 is 0. The van der Waals surface area contributed by atoms with E-state index >= 15 is 0 Å². The molecule has 1 aromatic rings. The summed E-state index contributed by atoms with van der Waals surface area (Å²) in [6.45, 7) is 4.89. The molecule has 0 spiro atoms. The van der Waals surface area contributed by atoms with Gasteiger partial charge in [-0.25, -0.2) is 8.42 Å². The fraction of sp³-hybridized carbons (Fsp3) is 0.579. The lowest BCUT2D eigenvalue weighted by atomic mass is 9.86. The maximum absolute atomic E-state index is 12.2.